The van der Waals surface area contributed by atoms with Gasteiger partial charge >= 0.3 is 0 Å². The van der Waals surface area contributed by atoms with E-state index in [2.05, 4.69) is 18.2 Å². The highest BCUT2D eigenvalue weighted by Gasteiger charge is 2.01. The van der Waals surface area contributed by atoms with Crippen LogP contribution in [0.4, 0.5) is 4.39 Å². The molecule has 0 aliphatic heterocycles. The van der Waals surface area contributed by atoms with Crippen molar-refractivity contribution in [1.29, 1.82) is 0 Å². The number of methoxy groups -OCH3 is 1. The van der Waals surface area contributed by atoms with E-state index in [9.17, 15) is 4.39 Å². The van der Waals surface area contributed by atoms with Crippen molar-refractivity contribution in [2.45, 2.75) is 10.6 Å². The molecule has 21 heavy (non-hydrogen) atoms. The zero-order valence-electron chi connectivity index (χ0n) is 11.7. The van der Waals surface area contributed by atoms with Gasteiger partial charge in [0.15, 0.2) is 0 Å². The van der Waals surface area contributed by atoms with Crippen LogP contribution >= 0.6 is 11.8 Å². The Morgan fingerprint density at radius 2 is 1.62 bits per heavy atom. The number of benzene rings is 3. The SMILES string of the molecule is COc1ccc(CSc2ccc3cc(F)ccc3c2)cc1. The fourth-order valence-electron chi connectivity index (χ4n) is 2.17. The maximum Gasteiger partial charge on any atom is 0.123 e. The van der Waals surface area contributed by atoms with E-state index in [0.717, 1.165) is 22.3 Å². The van der Waals surface area contributed by atoms with E-state index in [1.54, 1.807) is 24.9 Å². The second-order valence-electron chi connectivity index (χ2n) is 4.79. The largest absolute Gasteiger partial charge is 0.497 e. The molecular formula is C18H15FOS. The number of halogens is 1. The second-order valence-corrected chi connectivity index (χ2v) is 5.84. The lowest BCUT2D eigenvalue weighted by molar-refractivity contribution is 0.414. The molecule has 0 heterocycles. The van der Waals surface area contributed by atoms with Crippen molar-refractivity contribution in [3.05, 3.63) is 72.0 Å². The smallest absolute Gasteiger partial charge is 0.123 e. The van der Waals surface area contributed by atoms with E-state index in [1.165, 1.54) is 16.5 Å². The van der Waals surface area contributed by atoms with Gasteiger partial charge in [-0.05, 0) is 52.7 Å². The Hall–Kier alpha value is -2.00. The maximum absolute atomic E-state index is 13.2. The first-order chi connectivity index (χ1) is 10.2. The fraction of sp³-hybridized carbons (Fsp3) is 0.111. The number of rotatable bonds is 4. The summed E-state index contributed by atoms with van der Waals surface area (Å²) in [4.78, 5) is 1.19. The van der Waals surface area contributed by atoms with Crippen molar-refractivity contribution < 1.29 is 9.13 Å². The molecule has 0 saturated heterocycles. The molecule has 3 aromatic rings. The van der Waals surface area contributed by atoms with Crippen molar-refractivity contribution in [2.75, 3.05) is 7.11 Å². The van der Waals surface area contributed by atoms with E-state index in [0.29, 0.717) is 0 Å². The molecule has 106 valence electrons. The molecule has 1 nitrogen and oxygen atoms in total. The van der Waals surface area contributed by atoms with Crippen LogP contribution in [0.3, 0.4) is 0 Å². The van der Waals surface area contributed by atoms with E-state index in [1.807, 2.05) is 30.3 Å². The van der Waals surface area contributed by atoms with Gasteiger partial charge in [0.1, 0.15) is 11.6 Å². The Morgan fingerprint density at radius 1 is 0.905 bits per heavy atom. The van der Waals surface area contributed by atoms with Crippen LogP contribution in [0.1, 0.15) is 5.56 Å². The summed E-state index contributed by atoms with van der Waals surface area (Å²) < 4.78 is 18.3. The van der Waals surface area contributed by atoms with E-state index in [-0.39, 0.29) is 5.82 Å². The molecule has 0 fully saturated rings. The molecule has 0 N–H and O–H groups in total. The molecule has 0 atom stereocenters. The first kappa shape index (κ1) is 14.0. The lowest BCUT2D eigenvalue weighted by atomic mass is 10.1. The number of hydrogen-bond acceptors (Lipinski definition) is 2. The summed E-state index contributed by atoms with van der Waals surface area (Å²) in [5.74, 6) is 1.58. The van der Waals surface area contributed by atoms with Gasteiger partial charge in [0.2, 0.25) is 0 Å². The standard InChI is InChI=1S/C18H15FOS/c1-20-17-7-2-13(3-8-17)12-21-18-9-5-14-10-16(19)6-4-15(14)11-18/h2-11H,12H2,1H3. The predicted molar refractivity (Wildman–Crippen MR) is 86.5 cm³/mol. The zero-order chi connectivity index (χ0) is 14.7. The van der Waals surface area contributed by atoms with Crippen molar-refractivity contribution in [3.63, 3.8) is 0 Å². The van der Waals surface area contributed by atoms with Gasteiger partial charge in [-0.25, -0.2) is 4.39 Å². The van der Waals surface area contributed by atoms with Crippen molar-refractivity contribution in [2.24, 2.45) is 0 Å². The third-order valence-electron chi connectivity index (χ3n) is 3.34. The third kappa shape index (κ3) is 3.37. The summed E-state index contributed by atoms with van der Waals surface area (Å²) in [6, 6.07) is 19.1. The van der Waals surface area contributed by atoms with Crippen LogP contribution in [-0.4, -0.2) is 7.11 Å². The van der Waals surface area contributed by atoms with Crippen LogP contribution in [0.5, 0.6) is 5.75 Å². The topological polar surface area (TPSA) is 9.23 Å². The monoisotopic (exact) mass is 298 g/mol. The highest BCUT2D eigenvalue weighted by atomic mass is 32.2. The minimum atomic E-state index is -0.193. The fourth-order valence-corrected chi connectivity index (χ4v) is 3.07. The number of ether oxygens (including phenoxy) is 1. The summed E-state index contributed by atoms with van der Waals surface area (Å²) in [5.41, 5.74) is 1.25. The van der Waals surface area contributed by atoms with E-state index < -0.39 is 0 Å². The molecular weight excluding hydrogens is 283 g/mol. The average molecular weight is 298 g/mol. The van der Waals surface area contributed by atoms with Gasteiger partial charge in [-0.3, -0.25) is 0 Å². The summed E-state index contributed by atoms with van der Waals surface area (Å²) in [5, 5.41) is 2.00. The summed E-state index contributed by atoms with van der Waals surface area (Å²) in [7, 11) is 1.67. The molecule has 0 spiro atoms. The Labute approximate surface area is 127 Å². The van der Waals surface area contributed by atoms with Gasteiger partial charge in [-0.2, -0.15) is 0 Å². The number of thioether (sulfide) groups is 1. The molecule has 0 unspecified atom stereocenters. The van der Waals surface area contributed by atoms with Gasteiger partial charge in [-0.15, -0.1) is 11.8 Å². The highest BCUT2D eigenvalue weighted by molar-refractivity contribution is 7.98. The van der Waals surface area contributed by atoms with Crippen molar-refractivity contribution in [1.82, 2.24) is 0 Å². The number of hydrogen-bond donors (Lipinski definition) is 0. The lowest BCUT2D eigenvalue weighted by Crippen LogP contribution is -1.84. The van der Waals surface area contributed by atoms with Gasteiger partial charge in [-0.1, -0.05) is 24.3 Å². The third-order valence-corrected chi connectivity index (χ3v) is 4.40. The van der Waals surface area contributed by atoms with Crippen LogP contribution in [0.25, 0.3) is 10.8 Å². The second kappa shape index (κ2) is 6.19. The van der Waals surface area contributed by atoms with Gasteiger partial charge in [0.25, 0.3) is 0 Å². The van der Waals surface area contributed by atoms with Crippen LogP contribution in [-0.2, 0) is 5.75 Å². The average Bonchev–Trinajstić information content (AvgIpc) is 2.53. The lowest BCUT2D eigenvalue weighted by Gasteiger charge is -2.05. The van der Waals surface area contributed by atoms with Crippen molar-refractivity contribution >= 4 is 22.5 Å². The first-order valence-corrected chi connectivity index (χ1v) is 7.68. The quantitative estimate of drug-likeness (QED) is 0.606. The molecule has 0 amide bonds. The highest BCUT2D eigenvalue weighted by Crippen LogP contribution is 2.27. The minimum absolute atomic E-state index is 0.193. The molecule has 0 bridgehead atoms. The molecule has 0 aliphatic rings. The van der Waals surface area contributed by atoms with Crippen molar-refractivity contribution in [3.8, 4) is 5.75 Å². The summed E-state index contributed by atoms with van der Waals surface area (Å²) >= 11 is 1.77. The van der Waals surface area contributed by atoms with E-state index >= 15 is 0 Å². The minimum Gasteiger partial charge on any atom is -0.497 e. The normalized spacial score (nSPS) is 10.8. The van der Waals surface area contributed by atoms with Crippen LogP contribution < -0.4 is 4.74 Å². The first-order valence-electron chi connectivity index (χ1n) is 6.70. The Morgan fingerprint density at radius 3 is 2.38 bits per heavy atom. The molecule has 3 heteroatoms. The molecule has 0 saturated carbocycles. The summed E-state index contributed by atoms with van der Waals surface area (Å²) in [6.45, 7) is 0. The van der Waals surface area contributed by atoms with Crippen LogP contribution in [0.15, 0.2) is 65.6 Å². The number of fused-ring (bicyclic) bond motifs is 1. The zero-order valence-corrected chi connectivity index (χ0v) is 12.5. The Bertz CT molecular complexity index is 753. The molecule has 3 rings (SSSR count). The molecule has 0 radical (unpaired) electrons. The van der Waals surface area contributed by atoms with Crippen LogP contribution in [0, 0.1) is 5.82 Å². The Kier molecular flexibility index (Phi) is 4.11. The van der Waals surface area contributed by atoms with Gasteiger partial charge in [0, 0.05) is 10.6 Å². The van der Waals surface area contributed by atoms with Gasteiger partial charge in [0.05, 0.1) is 7.11 Å². The molecule has 0 aliphatic carbocycles. The van der Waals surface area contributed by atoms with Crippen LogP contribution in [0.2, 0.25) is 0 Å². The maximum atomic E-state index is 13.2. The summed E-state index contributed by atoms with van der Waals surface area (Å²) in [6.07, 6.45) is 0. The molecule has 0 aromatic heterocycles. The van der Waals surface area contributed by atoms with E-state index in [4.69, 9.17) is 4.74 Å². The van der Waals surface area contributed by atoms with Gasteiger partial charge < -0.3 is 4.74 Å². The molecule has 3 aromatic carbocycles. The Balaban J connectivity index is 1.73. The predicted octanol–water partition coefficient (Wildman–Crippen LogP) is 5.28.